The summed E-state index contributed by atoms with van der Waals surface area (Å²) in [6.07, 6.45) is 0. The summed E-state index contributed by atoms with van der Waals surface area (Å²) >= 11 is 0. The molecule has 120 valence electrons. The fourth-order valence-electron chi connectivity index (χ4n) is 1.85. The van der Waals surface area contributed by atoms with Gasteiger partial charge < -0.3 is 15.5 Å². The van der Waals surface area contributed by atoms with Gasteiger partial charge in [-0.15, -0.1) is 24.0 Å². The maximum Gasteiger partial charge on any atom is 0.191 e. The van der Waals surface area contributed by atoms with E-state index in [1.807, 2.05) is 0 Å². The van der Waals surface area contributed by atoms with Crippen molar-refractivity contribution in [2.24, 2.45) is 4.99 Å². The summed E-state index contributed by atoms with van der Waals surface area (Å²) in [6, 6.07) is 8.48. The highest BCUT2D eigenvalue weighted by Crippen LogP contribution is 2.04. The van der Waals surface area contributed by atoms with Gasteiger partial charge in [-0.2, -0.15) is 0 Å². The van der Waals surface area contributed by atoms with Crippen LogP contribution >= 0.6 is 24.0 Å². The SMILES string of the molecule is CCNC(=NCc1cccc(C)c1)NCCN(C)CC.I. The van der Waals surface area contributed by atoms with Crippen molar-refractivity contribution < 1.29 is 0 Å². The molecule has 0 heterocycles. The highest BCUT2D eigenvalue weighted by atomic mass is 127. The van der Waals surface area contributed by atoms with E-state index in [2.05, 4.69) is 72.6 Å². The second kappa shape index (κ2) is 11.8. The lowest BCUT2D eigenvalue weighted by Crippen LogP contribution is -2.40. The van der Waals surface area contributed by atoms with Crippen LogP contribution < -0.4 is 10.6 Å². The lowest BCUT2D eigenvalue weighted by Gasteiger charge is -2.16. The van der Waals surface area contributed by atoms with E-state index in [0.29, 0.717) is 6.54 Å². The predicted molar refractivity (Wildman–Crippen MR) is 103 cm³/mol. The molecule has 5 heteroatoms. The molecule has 1 aromatic rings. The third kappa shape index (κ3) is 8.93. The van der Waals surface area contributed by atoms with E-state index in [4.69, 9.17) is 0 Å². The van der Waals surface area contributed by atoms with Crippen LogP contribution in [0, 0.1) is 6.92 Å². The zero-order valence-corrected chi connectivity index (χ0v) is 16.0. The Hall–Kier alpha value is -0.820. The summed E-state index contributed by atoms with van der Waals surface area (Å²) in [4.78, 5) is 6.90. The van der Waals surface area contributed by atoms with E-state index in [0.717, 1.165) is 32.1 Å². The van der Waals surface area contributed by atoms with Gasteiger partial charge in [-0.3, -0.25) is 0 Å². The van der Waals surface area contributed by atoms with E-state index in [-0.39, 0.29) is 24.0 Å². The van der Waals surface area contributed by atoms with Crippen LogP contribution in [0.25, 0.3) is 0 Å². The molecule has 0 aliphatic heterocycles. The highest BCUT2D eigenvalue weighted by molar-refractivity contribution is 14.0. The van der Waals surface area contributed by atoms with Gasteiger partial charge in [0.15, 0.2) is 5.96 Å². The molecule has 2 N–H and O–H groups in total. The molecule has 0 saturated carbocycles. The van der Waals surface area contributed by atoms with Crippen molar-refractivity contribution in [1.82, 2.24) is 15.5 Å². The number of nitrogens with one attached hydrogen (secondary N) is 2. The minimum atomic E-state index is 0. The van der Waals surface area contributed by atoms with Gasteiger partial charge >= 0.3 is 0 Å². The minimum absolute atomic E-state index is 0. The summed E-state index contributed by atoms with van der Waals surface area (Å²) in [5.74, 6) is 0.888. The van der Waals surface area contributed by atoms with Crippen LogP contribution in [0.4, 0.5) is 0 Å². The first-order valence-corrected chi connectivity index (χ1v) is 7.42. The summed E-state index contributed by atoms with van der Waals surface area (Å²) < 4.78 is 0. The maximum atomic E-state index is 4.62. The summed E-state index contributed by atoms with van der Waals surface area (Å²) in [7, 11) is 2.12. The van der Waals surface area contributed by atoms with Gasteiger partial charge in [0, 0.05) is 19.6 Å². The first-order chi connectivity index (χ1) is 9.65. The average Bonchev–Trinajstić information content (AvgIpc) is 2.44. The van der Waals surface area contributed by atoms with Crippen LogP contribution in [0.15, 0.2) is 29.3 Å². The molecule has 0 amide bonds. The van der Waals surface area contributed by atoms with Crippen molar-refractivity contribution in [2.45, 2.75) is 27.3 Å². The summed E-state index contributed by atoms with van der Waals surface area (Å²) in [5, 5.41) is 6.65. The molecule has 0 radical (unpaired) electrons. The number of halogens is 1. The number of aryl methyl sites for hydroxylation is 1. The first-order valence-electron chi connectivity index (χ1n) is 7.42. The first kappa shape index (κ1) is 20.2. The lowest BCUT2D eigenvalue weighted by molar-refractivity contribution is 0.357. The normalized spacial score (nSPS) is 11.2. The third-order valence-corrected chi connectivity index (χ3v) is 3.17. The van der Waals surface area contributed by atoms with E-state index >= 15 is 0 Å². The predicted octanol–water partition coefficient (Wildman–Crippen LogP) is 2.62. The Labute approximate surface area is 146 Å². The lowest BCUT2D eigenvalue weighted by atomic mass is 10.1. The zero-order chi connectivity index (χ0) is 14.8. The number of hydrogen-bond donors (Lipinski definition) is 2. The molecule has 0 unspecified atom stereocenters. The molecule has 0 atom stereocenters. The second-order valence-corrected chi connectivity index (χ2v) is 5.01. The zero-order valence-electron chi connectivity index (χ0n) is 13.6. The van der Waals surface area contributed by atoms with Crippen LogP contribution in [-0.4, -0.2) is 44.1 Å². The molecular weight excluding hydrogens is 375 g/mol. The minimum Gasteiger partial charge on any atom is -0.357 e. The van der Waals surface area contributed by atoms with E-state index in [1.54, 1.807) is 0 Å². The van der Waals surface area contributed by atoms with Crippen LogP contribution in [0.1, 0.15) is 25.0 Å². The van der Waals surface area contributed by atoms with Crippen LogP contribution in [0.2, 0.25) is 0 Å². The molecule has 4 nitrogen and oxygen atoms in total. The van der Waals surface area contributed by atoms with Crippen molar-refractivity contribution >= 4 is 29.9 Å². The Kier molecular flexibility index (Phi) is 11.3. The van der Waals surface area contributed by atoms with E-state index < -0.39 is 0 Å². The monoisotopic (exact) mass is 404 g/mol. The third-order valence-electron chi connectivity index (χ3n) is 3.17. The van der Waals surface area contributed by atoms with E-state index in [9.17, 15) is 0 Å². The quantitative estimate of drug-likeness (QED) is 0.417. The number of hydrogen-bond acceptors (Lipinski definition) is 2. The van der Waals surface area contributed by atoms with Gasteiger partial charge in [0.1, 0.15) is 0 Å². The van der Waals surface area contributed by atoms with Gasteiger partial charge in [0.2, 0.25) is 0 Å². The van der Waals surface area contributed by atoms with E-state index in [1.165, 1.54) is 11.1 Å². The standard InChI is InChI=1S/C16H28N4.HI/c1-5-17-16(18-10-11-20(4)6-2)19-13-15-9-7-8-14(3)12-15;/h7-9,12H,5-6,10-11,13H2,1-4H3,(H2,17,18,19);1H. The van der Waals surface area contributed by atoms with Gasteiger partial charge in [-0.25, -0.2) is 4.99 Å². The van der Waals surface area contributed by atoms with Gasteiger partial charge in [0.05, 0.1) is 6.54 Å². The molecule has 0 bridgehead atoms. The molecule has 0 saturated heterocycles. The Balaban J connectivity index is 0.00000400. The molecule has 1 aromatic carbocycles. The van der Waals surface area contributed by atoms with Crippen molar-refractivity contribution in [1.29, 1.82) is 0 Å². The molecule has 0 spiro atoms. The highest BCUT2D eigenvalue weighted by Gasteiger charge is 1.99. The average molecular weight is 404 g/mol. The van der Waals surface area contributed by atoms with Gasteiger partial charge in [-0.05, 0) is 33.0 Å². The molecule has 0 aliphatic rings. The number of benzene rings is 1. The van der Waals surface area contributed by atoms with Crippen molar-refractivity contribution in [3.05, 3.63) is 35.4 Å². The maximum absolute atomic E-state index is 4.62. The summed E-state index contributed by atoms with van der Waals surface area (Å²) in [6.45, 7) is 10.9. The molecule has 0 fully saturated rings. The van der Waals surface area contributed by atoms with Gasteiger partial charge in [0.25, 0.3) is 0 Å². The Morgan fingerprint density at radius 3 is 2.62 bits per heavy atom. The number of aliphatic imine (C=N–C) groups is 1. The fraction of sp³-hybridized carbons (Fsp3) is 0.562. The Bertz CT molecular complexity index is 420. The van der Waals surface area contributed by atoms with Crippen LogP contribution in [0.5, 0.6) is 0 Å². The number of guanidine groups is 1. The van der Waals surface area contributed by atoms with Crippen LogP contribution in [-0.2, 0) is 6.54 Å². The largest absolute Gasteiger partial charge is 0.357 e. The van der Waals surface area contributed by atoms with Gasteiger partial charge in [-0.1, -0.05) is 36.8 Å². The molecule has 0 aliphatic carbocycles. The number of rotatable bonds is 7. The molecule has 21 heavy (non-hydrogen) atoms. The van der Waals surface area contributed by atoms with Crippen molar-refractivity contribution in [3.63, 3.8) is 0 Å². The Morgan fingerprint density at radius 1 is 1.24 bits per heavy atom. The second-order valence-electron chi connectivity index (χ2n) is 5.01. The number of nitrogens with zero attached hydrogens (tertiary/aromatic N) is 2. The Morgan fingerprint density at radius 2 is 2.00 bits per heavy atom. The molecular formula is C16H29IN4. The molecule has 0 aromatic heterocycles. The smallest absolute Gasteiger partial charge is 0.191 e. The van der Waals surface area contributed by atoms with Crippen molar-refractivity contribution in [3.8, 4) is 0 Å². The van der Waals surface area contributed by atoms with Crippen molar-refractivity contribution in [2.75, 3.05) is 33.2 Å². The summed E-state index contributed by atoms with van der Waals surface area (Å²) in [5.41, 5.74) is 2.52. The van der Waals surface area contributed by atoms with Crippen LogP contribution in [0.3, 0.4) is 0 Å². The number of likely N-dealkylation sites (N-methyl/N-ethyl adjacent to an activating group) is 1. The molecule has 1 rings (SSSR count). The topological polar surface area (TPSA) is 39.7 Å². The fourth-order valence-corrected chi connectivity index (χ4v) is 1.85.